The summed E-state index contributed by atoms with van der Waals surface area (Å²) in [5, 5.41) is 0. The molecule has 0 unspecified atom stereocenters. The van der Waals surface area contributed by atoms with Crippen LogP contribution in [0.1, 0.15) is 46.5 Å². The molecule has 0 bridgehead atoms. The van der Waals surface area contributed by atoms with Crippen LogP contribution in [-0.4, -0.2) is 57.4 Å². The molecule has 2 heterocycles. The lowest BCUT2D eigenvalue weighted by molar-refractivity contribution is 0.0152. The van der Waals surface area contributed by atoms with Gasteiger partial charge in [-0.15, -0.1) is 0 Å². The Morgan fingerprint density at radius 1 is 1.03 bits per heavy atom. The molecule has 8 heteroatoms. The van der Waals surface area contributed by atoms with Gasteiger partial charge in [0.1, 0.15) is 11.4 Å². The summed E-state index contributed by atoms with van der Waals surface area (Å²) in [5.74, 6) is 0.658. The molecular weight excluding hydrogens is 407 g/mol. The van der Waals surface area contributed by atoms with Crippen LogP contribution in [0.15, 0.2) is 23.1 Å². The number of piperidine rings is 2. The second-order valence-corrected chi connectivity index (χ2v) is 11.5. The molecule has 1 aromatic rings. The highest BCUT2D eigenvalue weighted by Crippen LogP contribution is 2.35. The van der Waals surface area contributed by atoms with E-state index < -0.39 is 21.3 Å². The topological polar surface area (TPSA) is 66.9 Å². The first-order valence-electron chi connectivity index (χ1n) is 10.7. The van der Waals surface area contributed by atoms with Crippen molar-refractivity contribution in [2.45, 2.75) is 57.0 Å². The largest absolute Gasteiger partial charge is 0.444 e. The van der Waals surface area contributed by atoms with E-state index in [2.05, 4.69) is 0 Å². The summed E-state index contributed by atoms with van der Waals surface area (Å²) in [7, 11) is -3.41. The number of anilines is 1. The lowest BCUT2D eigenvalue weighted by atomic mass is 9.79. The summed E-state index contributed by atoms with van der Waals surface area (Å²) in [4.78, 5) is 16.1. The molecule has 0 N–H and O–H groups in total. The molecule has 2 aliphatic heterocycles. The van der Waals surface area contributed by atoms with Gasteiger partial charge >= 0.3 is 6.09 Å². The van der Waals surface area contributed by atoms with Gasteiger partial charge in [-0.1, -0.05) is 0 Å². The number of likely N-dealkylation sites (tertiary alicyclic amines) is 1. The number of rotatable bonds is 3. The highest BCUT2D eigenvalue weighted by molar-refractivity contribution is 7.90. The van der Waals surface area contributed by atoms with Crippen molar-refractivity contribution in [1.82, 2.24) is 4.90 Å². The predicted molar refractivity (Wildman–Crippen MR) is 115 cm³/mol. The van der Waals surface area contributed by atoms with Gasteiger partial charge in [0.2, 0.25) is 0 Å². The highest BCUT2D eigenvalue weighted by Gasteiger charge is 2.32. The van der Waals surface area contributed by atoms with Crippen molar-refractivity contribution in [2.75, 3.05) is 37.3 Å². The molecule has 168 valence electrons. The molecule has 2 aliphatic rings. The summed E-state index contributed by atoms with van der Waals surface area (Å²) in [6.45, 7) is 8.59. The highest BCUT2D eigenvalue weighted by atomic mass is 32.2. The van der Waals surface area contributed by atoms with Crippen LogP contribution in [0.5, 0.6) is 0 Å². The molecule has 3 rings (SSSR count). The van der Waals surface area contributed by atoms with E-state index >= 15 is 0 Å². The van der Waals surface area contributed by atoms with Gasteiger partial charge in [0.25, 0.3) is 0 Å². The fourth-order valence-corrected chi connectivity index (χ4v) is 5.10. The Kier molecular flexibility index (Phi) is 6.65. The maximum atomic E-state index is 14.5. The van der Waals surface area contributed by atoms with Crippen molar-refractivity contribution >= 4 is 21.6 Å². The molecule has 0 radical (unpaired) electrons. The minimum absolute atomic E-state index is 0.00961. The number of amides is 1. The Morgan fingerprint density at radius 2 is 1.57 bits per heavy atom. The summed E-state index contributed by atoms with van der Waals surface area (Å²) < 4.78 is 43.2. The molecule has 0 saturated carbocycles. The molecule has 0 aliphatic carbocycles. The zero-order valence-corrected chi connectivity index (χ0v) is 19.2. The third-order valence-electron chi connectivity index (χ3n) is 6.09. The number of sulfone groups is 1. The van der Waals surface area contributed by atoms with Gasteiger partial charge in [0.05, 0.1) is 10.6 Å². The second kappa shape index (κ2) is 8.73. The van der Waals surface area contributed by atoms with Crippen LogP contribution < -0.4 is 4.90 Å². The van der Waals surface area contributed by atoms with E-state index in [9.17, 15) is 17.6 Å². The Balaban J connectivity index is 1.51. The zero-order valence-electron chi connectivity index (χ0n) is 18.4. The minimum Gasteiger partial charge on any atom is -0.444 e. The average molecular weight is 441 g/mol. The molecule has 0 atom stereocenters. The first-order chi connectivity index (χ1) is 13.9. The SMILES string of the molecule is CC(C)(C)OC(=O)N1CCC(C2CCN(c3ccc(S(C)(=O)=O)cc3F)CC2)CC1. The van der Waals surface area contributed by atoms with Crippen molar-refractivity contribution in [3.8, 4) is 0 Å². The lowest BCUT2D eigenvalue weighted by Crippen LogP contribution is -2.44. The van der Waals surface area contributed by atoms with Crippen LogP contribution in [0, 0.1) is 17.7 Å². The van der Waals surface area contributed by atoms with E-state index in [1.807, 2.05) is 25.7 Å². The van der Waals surface area contributed by atoms with Crippen LogP contribution in [0.4, 0.5) is 14.9 Å². The van der Waals surface area contributed by atoms with Gasteiger partial charge in [0, 0.05) is 32.4 Å². The Labute approximate surface area is 179 Å². The maximum Gasteiger partial charge on any atom is 0.410 e. The van der Waals surface area contributed by atoms with Crippen LogP contribution in [0.3, 0.4) is 0 Å². The Hall–Kier alpha value is -1.83. The molecule has 1 amide bonds. The number of carbonyl (C=O) groups excluding carboxylic acids is 1. The van der Waals surface area contributed by atoms with Gasteiger partial charge in [0.15, 0.2) is 9.84 Å². The number of nitrogens with zero attached hydrogens (tertiary/aromatic N) is 2. The summed E-state index contributed by atoms with van der Waals surface area (Å²) in [6, 6.07) is 4.17. The number of carbonyl (C=O) groups is 1. The Bertz CT molecular complexity index is 866. The number of halogens is 1. The van der Waals surface area contributed by atoms with Gasteiger partial charge in [-0.05, 0) is 76.5 Å². The first-order valence-corrected chi connectivity index (χ1v) is 12.6. The van der Waals surface area contributed by atoms with Crippen molar-refractivity contribution in [1.29, 1.82) is 0 Å². The number of hydrogen-bond donors (Lipinski definition) is 0. The maximum absolute atomic E-state index is 14.5. The van der Waals surface area contributed by atoms with Crippen molar-refractivity contribution in [2.24, 2.45) is 11.8 Å². The first kappa shape index (κ1) is 22.8. The fraction of sp³-hybridized carbons (Fsp3) is 0.682. The fourth-order valence-electron chi connectivity index (χ4n) is 4.47. The van der Waals surface area contributed by atoms with Crippen molar-refractivity contribution in [3.63, 3.8) is 0 Å². The average Bonchev–Trinajstić information content (AvgIpc) is 2.66. The molecule has 1 aromatic carbocycles. The van der Waals surface area contributed by atoms with E-state index in [1.165, 1.54) is 6.07 Å². The molecule has 2 saturated heterocycles. The minimum atomic E-state index is -3.41. The third kappa shape index (κ3) is 5.65. The van der Waals surface area contributed by atoms with Gasteiger partial charge in [-0.25, -0.2) is 17.6 Å². The van der Waals surface area contributed by atoms with Gasteiger partial charge < -0.3 is 14.5 Å². The molecule has 0 aromatic heterocycles. The Morgan fingerprint density at radius 3 is 2.03 bits per heavy atom. The third-order valence-corrected chi connectivity index (χ3v) is 7.20. The molecule has 30 heavy (non-hydrogen) atoms. The standard InChI is InChI=1S/C22H33FN2O4S/c1-22(2,3)29-21(26)25-13-9-17(10-14-25)16-7-11-24(12-8-16)20-6-5-18(15-19(20)23)30(4,27)28/h5-6,15-17H,7-14H2,1-4H3. The lowest BCUT2D eigenvalue weighted by Gasteiger charge is -2.41. The molecular formula is C22H33FN2O4S. The van der Waals surface area contributed by atoms with Crippen molar-refractivity contribution < 1.29 is 22.3 Å². The monoisotopic (exact) mass is 440 g/mol. The van der Waals surface area contributed by atoms with Crippen LogP contribution in [0.2, 0.25) is 0 Å². The van der Waals surface area contributed by atoms with Gasteiger partial charge in [-0.3, -0.25) is 0 Å². The van der Waals surface area contributed by atoms with Gasteiger partial charge in [-0.2, -0.15) is 0 Å². The summed E-state index contributed by atoms with van der Waals surface area (Å²) in [5.41, 5.74) is -0.00386. The van der Waals surface area contributed by atoms with Crippen molar-refractivity contribution in [3.05, 3.63) is 24.0 Å². The van der Waals surface area contributed by atoms with E-state index in [1.54, 1.807) is 11.0 Å². The van der Waals surface area contributed by atoms with Crippen LogP contribution in [-0.2, 0) is 14.6 Å². The summed E-state index contributed by atoms with van der Waals surface area (Å²) >= 11 is 0. The number of hydrogen-bond acceptors (Lipinski definition) is 5. The second-order valence-electron chi connectivity index (χ2n) is 9.51. The van der Waals surface area contributed by atoms with Crippen LogP contribution in [0.25, 0.3) is 0 Å². The zero-order chi connectivity index (χ0) is 22.1. The molecule has 6 nitrogen and oxygen atoms in total. The number of benzene rings is 1. The number of ether oxygens (including phenoxy) is 1. The van der Waals surface area contributed by atoms with E-state index in [-0.39, 0.29) is 11.0 Å². The quantitative estimate of drug-likeness (QED) is 0.708. The molecule has 2 fully saturated rings. The molecule has 0 spiro atoms. The smallest absolute Gasteiger partial charge is 0.410 e. The van der Waals surface area contributed by atoms with E-state index in [4.69, 9.17) is 4.74 Å². The van der Waals surface area contributed by atoms with E-state index in [0.29, 0.717) is 17.5 Å². The van der Waals surface area contributed by atoms with Crippen LogP contribution >= 0.6 is 0 Å². The summed E-state index contributed by atoms with van der Waals surface area (Å²) in [6.07, 6.45) is 4.75. The predicted octanol–water partition coefficient (Wildman–Crippen LogP) is 4.09. The normalized spacial score (nSPS) is 19.8. The van der Waals surface area contributed by atoms with E-state index in [0.717, 1.165) is 64.2 Å².